The van der Waals surface area contributed by atoms with Crippen molar-refractivity contribution in [2.45, 2.75) is 44.6 Å². The number of nitrogens with one attached hydrogen (secondary N) is 1. The highest BCUT2D eigenvalue weighted by atomic mass is 32.2. The summed E-state index contributed by atoms with van der Waals surface area (Å²) in [7, 11) is -3.90. The van der Waals surface area contributed by atoms with Gasteiger partial charge in [0.25, 0.3) is 0 Å². The SMILES string of the molecule is CCC(CO)(CO)NS(=O)(=O)c1c(C)cc(C)c(N)c1C. The minimum absolute atomic E-state index is 0.102. The molecule has 0 aliphatic rings. The Bertz CT molecular complexity index is 614. The van der Waals surface area contributed by atoms with E-state index in [1.165, 1.54) is 0 Å². The van der Waals surface area contributed by atoms with Crippen LogP contribution in [0.5, 0.6) is 0 Å². The van der Waals surface area contributed by atoms with Crippen LogP contribution in [0, 0.1) is 20.8 Å². The Balaban J connectivity index is 3.43. The number of nitrogens with two attached hydrogens (primary N) is 1. The Morgan fingerprint density at radius 3 is 2.14 bits per heavy atom. The van der Waals surface area contributed by atoms with Gasteiger partial charge in [-0.3, -0.25) is 0 Å². The molecule has 0 saturated carbocycles. The first-order chi connectivity index (χ1) is 9.64. The van der Waals surface area contributed by atoms with Crippen LogP contribution in [-0.2, 0) is 10.0 Å². The van der Waals surface area contributed by atoms with Gasteiger partial charge < -0.3 is 15.9 Å². The van der Waals surface area contributed by atoms with Crippen molar-refractivity contribution in [2.75, 3.05) is 18.9 Å². The normalized spacial score (nSPS) is 12.7. The van der Waals surface area contributed by atoms with E-state index in [1.54, 1.807) is 26.8 Å². The summed E-state index contributed by atoms with van der Waals surface area (Å²) in [6.07, 6.45) is 0.263. The van der Waals surface area contributed by atoms with Gasteiger partial charge in [-0.05, 0) is 43.9 Å². The van der Waals surface area contributed by atoms with E-state index in [2.05, 4.69) is 4.72 Å². The van der Waals surface area contributed by atoms with Crippen molar-refractivity contribution < 1.29 is 18.6 Å². The first kappa shape index (κ1) is 17.9. The van der Waals surface area contributed by atoms with Crippen LogP contribution in [0.2, 0.25) is 0 Å². The van der Waals surface area contributed by atoms with Crippen LogP contribution in [0.3, 0.4) is 0 Å². The van der Waals surface area contributed by atoms with Gasteiger partial charge >= 0.3 is 0 Å². The molecule has 0 aromatic heterocycles. The van der Waals surface area contributed by atoms with Crippen LogP contribution < -0.4 is 10.5 Å². The lowest BCUT2D eigenvalue weighted by atomic mass is 10.0. The van der Waals surface area contributed by atoms with Crippen LogP contribution in [-0.4, -0.2) is 37.4 Å². The topological polar surface area (TPSA) is 113 Å². The smallest absolute Gasteiger partial charge is 0.241 e. The molecule has 1 rings (SSSR count). The number of hydrogen-bond acceptors (Lipinski definition) is 5. The van der Waals surface area contributed by atoms with Gasteiger partial charge in [-0.1, -0.05) is 13.0 Å². The number of benzene rings is 1. The van der Waals surface area contributed by atoms with E-state index in [-0.39, 0.29) is 11.3 Å². The molecule has 1 aromatic rings. The number of sulfonamides is 1. The fourth-order valence-corrected chi connectivity index (χ4v) is 4.28. The predicted molar refractivity (Wildman–Crippen MR) is 82.6 cm³/mol. The molecule has 0 aliphatic carbocycles. The highest BCUT2D eigenvalue weighted by molar-refractivity contribution is 7.89. The van der Waals surface area contributed by atoms with Crippen LogP contribution >= 0.6 is 0 Å². The molecule has 120 valence electrons. The maximum atomic E-state index is 12.6. The van der Waals surface area contributed by atoms with Crippen LogP contribution in [0.1, 0.15) is 30.0 Å². The second kappa shape index (κ2) is 6.31. The van der Waals surface area contributed by atoms with E-state index in [9.17, 15) is 18.6 Å². The average Bonchev–Trinajstić information content (AvgIpc) is 2.42. The van der Waals surface area contributed by atoms with Gasteiger partial charge in [-0.15, -0.1) is 0 Å². The molecule has 0 fully saturated rings. The van der Waals surface area contributed by atoms with Gasteiger partial charge in [0.05, 0.1) is 23.6 Å². The van der Waals surface area contributed by atoms with E-state index >= 15 is 0 Å². The molecule has 0 unspecified atom stereocenters. The van der Waals surface area contributed by atoms with Crippen LogP contribution in [0.25, 0.3) is 0 Å². The summed E-state index contributed by atoms with van der Waals surface area (Å²) in [6.45, 7) is 5.88. The summed E-state index contributed by atoms with van der Waals surface area (Å²) in [5.74, 6) is 0. The number of nitrogen functional groups attached to an aromatic ring is 1. The molecule has 1 aromatic carbocycles. The Labute approximate surface area is 126 Å². The molecule has 0 heterocycles. The molecular weight excluding hydrogens is 292 g/mol. The highest BCUT2D eigenvalue weighted by Gasteiger charge is 2.34. The van der Waals surface area contributed by atoms with Crippen LogP contribution in [0.4, 0.5) is 5.69 Å². The zero-order valence-corrected chi connectivity index (χ0v) is 13.7. The molecule has 0 amide bonds. The van der Waals surface area contributed by atoms with Crippen molar-refractivity contribution in [1.29, 1.82) is 0 Å². The first-order valence-corrected chi connectivity index (χ1v) is 8.24. The Morgan fingerprint density at radius 2 is 1.71 bits per heavy atom. The van der Waals surface area contributed by atoms with Gasteiger partial charge in [-0.2, -0.15) is 0 Å². The van der Waals surface area contributed by atoms with Crippen LogP contribution in [0.15, 0.2) is 11.0 Å². The molecule has 0 radical (unpaired) electrons. The number of aliphatic hydroxyl groups excluding tert-OH is 2. The molecule has 7 heteroatoms. The van der Waals surface area contributed by atoms with Crippen molar-refractivity contribution in [3.8, 4) is 0 Å². The number of aryl methyl sites for hydroxylation is 2. The number of aliphatic hydroxyl groups is 2. The summed E-state index contributed by atoms with van der Waals surface area (Å²) in [4.78, 5) is 0.102. The fourth-order valence-electron chi connectivity index (χ4n) is 2.34. The summed E-state index contributed by atoms with van der Waals surface area (Å²) in [5.41, 5.74) is 6.93. The fraction of sp³-hybridized carbons (Fsp3) is 0.571. The molecule has 5 N–H and O–H groups in total. The lowest BCUT2D eigenvalue weighted by Crippen LogP contribution is -2.53. The second-order valence-corrected chi connectivity index (χ2v) is 7.05. The monoisotopic (exact) mass is 316 g/mol. The van der Waals surface area contributed by atoms with Crippen molar-refractivity contribution >= 4 is 15.7 Å². The number of anilines is 1. The summed E-state index contributed by atoms with van der Waals surface area (Å²) < 4.78 is 27.7. The Kier molecular flexibility index (Phi) is 5.38. The van der Waals surface area contributed by atoms with Crippen molar-refractivity contribution in [3.05, 3.63) is 22.8 Å². The summed E-state index contributed by atoms with van der Waals surface area (Å²) in [6, 6.07) is 1.71. The highest BCUT2D eigenvalue weighted by Crippen LogP contribution is 2.29. The number of hydrogen-bond donors (Lipinski definition) is 4. The van der Waals surface area contributed by atoms with Gasteiger partial charge in [0.15, 0.2) is 0 Å². The lowest BCUT2D eigenvalue weighted by Gasteiger charge is -2.30. The Morgan fingerprint density at radius 1 is 1.19 bits per heavy atom. The van der Waals surface area contributed by atoms with E-state index in [1.807, 2.05) is 6.92 Å². The summed E-state index contributed by atoms with van der Waals surface area (Å²) >= 11 is 0. The lowest BCUT2D eigenvalue weighted by molar-refractivity contribution is 0.105. The molecule has 6 nitrogen and oxygen atoms in total. The first-order valence-electron chi connectivity index (χ1n) is 6.76. The average molecular weight is 316 g/mol. The molecule has 0 aliphatic heterocycles. The summed E-state index contributed by atoms with van der Waals surface area (Å²) in [5, 5.41) is 18.8. The Hall–Kier alpha value is -1.15. The molecular formula is C14H24N2O4S. The van der Waals surface area contributed by atoms with E-state index in [0.29, 0.717) is 16.8 Å². The third kappa shape index (κ3) is 3.37. The van der Waals surface area contributed by atoms with Gasteiger partial charge in [0.1, 0.15) is 0 Å². The zero-order chi connectivity index (χ0) is 16.4. The van der Waals surface area contributed by atoms with Gasteiger partial charge in [0, 0.05) is 5.69 Å². The van der Waals surface area contributed by atoms with Crippen molar-refractivity contribution in [1.82, 2.24) is 4.72 Å². The quantitative estimate of drug-likeness (QED) is 0.574. The molecule has 0 saturated heterocycles. The van der Waals surface area contributed by atoms with Gasteiger partial charge in [-0.25, -0.2) is 13.1 Å². The molecule has 0 atom stereocenters. The number of rotatable bonds is 6. The second-order valence-electron chi connectivity index (χ2n) is 5.43. The largest absolute Gasteiger partial charge is 0.398 e. The maximum absolute atomic E-state index is 12.6. The zero-order valence-electron chi connectivity index (χ0n) is 12.9. The molecule has 21 heavy (non-hydrogen) atoms. The molecule has 0 spiro atoms. The third-order valence-corrected chi connectivity index (χ3v) is 5.73. The minimum Gasteiger partial charge on any atom is -0.398 e. The van der Waals surface area contributed by atoms with Crippen molar-refractivity contribution in [3.63, 3.8) is 0 Å². The minimum atomic E-state index is -3.90. The van der Waals surface area contributed by atoms with Gasteiger partial charge in [0.2, 0.25) is 10.0 Å². The third-order valence-electron chi connectivity index (χ3n) is 3.86. The van der Waals surface area contributed by atoms with E-state index in [4.69, 9.17) is 5.73 Å². The van der Waals surface area contributed by atoms with E-state index in [0.717, 1.165) is 5.56 Å². The maximum Gasteiger partial charge on any atom is 0.241 e. The van der Waals surface area contributed by atoms with Crippen molar-refractivity contribution in [2.24, 2.45) is 0 Å². The van der Waals surface area contributed by atoms with E-state index < -0.39 is 28.8 Å². The predicted octanol–water partition coefficient (Wildman–Crippen LogP) is 0.606. The molecule has 0 bridgehead atoms. The standard InChI is InChI=1S/C14H24N2O4S/c1-5-14(7-17,8-18)16-21(19,20)13-10(3)6-9(2)12(15)11(13)4/h6,16-18H,5,7-8,15H2,1-4H3.